The summed E-state index contributed by atoms with van der Waals surface area (Å²) in [5.41, 5.74) is 5.39. The van der Waals surface area contributed by atoms with E-state index in [-0.39, 0.29) is 0 Å². The normalized spacial score (nSPS) is 31.6. The van der Waals surface area contributed by atoms with Crippen molar-refractivity contribution in [1.29, 1.82) is 5.26 Å². The van der Waals surface area contributed by atoms with E-state index in [2.05, 4.69) is 19.9 Å². The van der Waals surface area contributed by atoms with Crippen molar-refractivity contribution in [3.63, 3.8) is 0 Å². The van der Waals surface area contributed by atoms with E-state index in [1.54, 1.807) is 0 Å². The number of nitriles is 1. The molecule has 0 radical (unpaired) electrons. The molecular formula is C14H30N2. The maximum absolute atomic E-state index is 8.85. The second-order valence-electron chi connectivity index (χ2n) is 4.20. The molecule has 1 fully saturated rings. The first-order valence-corrected chi connectivity index (χ1v) is 6.81. The Morgan fingerprint density at radius 1 is 1.25 bits per heavy atom. The molecule has 0 spiro atoms. The minimum Gasteiger partial charge on any atom is -0.313 e. The second-order valence-corrected chi connectivity index (χ2v) is 4.20. The molecule has 1 rings (SSSR count). The molecule has 0 bridgehead atoms. The Labute approximate surface area is 102 Å². The van der Waals surface area contributed by atoms with Crippen LogP contribution in [-0.4, -0.2) is 5.54 Å². The van der Waals surface area contributed by atoms with Gasteiger partial charge in [-0.05, 0) is 24.7 Å². The quantitative estimate of drug-likeness (QED) is 0.770. The number of hydrogen-bond donors (Lipinski definition) is 1. The smallest absolute Gasteiger partial charge is 0.104 e. The van der Waals surface area contributed by atoms with E-state index < -0.39 is 5.54 Å². The average molecular weight is 226 g/mol. The van der Waals surface area contributed by atoms with Crippen LogP contribution in [-0.2, 0) is 0 Å². The van der Waals surface area contributed by atoms with Gasteiger partial charge in [-0.3, -0.25) is 0 Å². The van der Waals surface area contributed by atoms with Gasteiger partial charge in [0.2, 0.25) is 0 Å². The van der Waals surface area contributed by atoms with Crippen LogP contribution < -0.4 is 5.73 Å². The molecule has 1 saturated carbocycles. The van der Waals surface area contributed by atoms with E-state index in [9.17, 15) is 0 Å². The van der Waals surface area contributed by atoms with Gasteiger partial charge in [-0.15, -0.1) is 0 Å². The minimum absolute atomic E-state index is 0.515. The van der Waals surface area contributed by atoms with Crippen LogP contribution in [0.4, 0.5) is 0 Å². The first-order valence-electron chi connectivity index (χ1n) is 6.81. The van der Waals surface area contributed by atoms with E-state index >= 15 is 0 Å². The SMILES string of the molecule is CC.CC.CCCC1CC(N)(C#N)CC1C. The van der Waals surface area contributed by atoms with Gasteiger partial charge < -0.3 is 5.73 Å². The van der Waals surface area contributed by atoms with Crippen LogP contribution in [0.2, 0.25) is 0 Å². The molecule has 1 aliphatic carbocycles. The molecule has 1 aliphatic rings. The van der Waals surface area contributed by atoms with Crippen molar-refractivity contribution in [1.82, 2.24) is 0 Å². The molecule has 3 unspecified atom stereocenters. The monoisotopic (exact) mass is 226 g/mol. The summed E-state index contributed by atoms with van der Waals surface area (Å²) in [7, 11) is 0. The molecule has 2 nitrogen and oxygen atoms in total. The molecule has 96 valence electrons. The summed E-state index contributed by atoms with van der Waals surface area (Å²) >= 11 is 0. The summed E-state index contributed by atoms with van der Waals surface area (Å²) in [6.07, 6.45) is 4.21. The zero-order valence-corrected chi connectivity index (χ0v) is 12.0. The third-order valence-electron chi connectivity index (χ3n) is 3.00. The highest BCUT2D eigenvalue weighted by Gasteiger charge is 2.40. The van der Waals surface area contributed by atoms with Gasteiger partial charge in [0.15, 0.2) is 0 Å². The zero-order chi connectivity index (χ0) is 13.2. The highest BCUT2D eigenvalue weighted by Crippen LogP contribution is 2.39. The van der Waals surface area contributed by atoms with E-state index in [0.29, 0.717) is 11.8 Å². The van der Waals surface area contributed by atoms with Crippen LogP contribution >= 0.6 is 0 Å². The Bertz CT molecular complexity index is 195. The van der Waals surface area contributed by atoms with Gasteiger partial charge in [-0.2, -0.15) is 5.26 Å². The van der Waals surface area contributed by atoms with Crippen LogP contribution in [0, 0.1) is 23.2 Å². The summed E-state index contributed by atoms with van der Waals surface area (Å²) in [5.74, 6) is 1.31. The van der Waals surface area contributed by atoms with Crippen molar-refractivity contribution in [3.05, 3.63) is 0 Å². The molecule has 0 heterocycles. The molecule has 0 aromatic carbocycles. The first-order chi connectivity index (χ1) is 7.61. The van der Waals surface area contributed by atoms with Crippen LogP contribution in [0.5, 0.6) is 0 Å². The topological polar surface area (TPSA) is 49.8 Å². The summed E-state index contributed by atoms with van der Waals surface area (Å²) in [4.78, 5) is 0. The third-order valence-corrected chi connectivity index (χ3v) is 3.00. The van der Waals surface area contributed by atoms with Crippen molar-refractivity contribution < 1.29 is 0 Å². The molecule has 0 aliphatic heterocycles. The van der Waals surface area contributed by atoms with E-state index in [1.807, 2.05) is 27.7 Å². The highest BCUT2D eigenvalue weighted by molar-refractivity contribution is 5.10. The van der Waals surface area contributed by atoms with Gasteiger partial charge in [0.05, 0.1) is 6.07 Å². The zero-order valence-electron chi connectivity index (χ0n) is 12.0. The van der Waals surface area contributed by atoms with E-state index in [4.69, 9.17) is 11.0 Å². The Morgan fingerprint density at radius 2 is 1.75 bits per heavy atom. The van der Waals surface area contributed by atoms with Gasteiger partial charge in [0, 0.05) is 0 Å². The number of nitrogens with zero attached hydrogens (tertiary/aromatic N) is 1. The predicted octanol–water partition coefficient (Wildman–Crippen LogP) is 4.11. The van der Waals surface area contributed by atoms with E-state index in [1.165, 1.54) is 12.8 Å². The Morgan fingerprint density at radius 3 is 2.06 bits per heavy atom. The summed E-state index contributed by atoms with van der Waals surface area (Å²) in [5, 5.41) is 8.85. The maximum Gasteiger partial charge on any atom is 0.104 e. The lowest BCUT2D eigenvalue weighted by atomic mass is 9.93. The lowest BCUT2D eigenvalue weighted by Crippen LogP contribution is -2.34. The van der Waals surface area contributed by atoms with Crippen LogP contribution in [0.3, 0.4) is 0 Å². The van der Waals surface area contributed by atoms with Crippen molar-refractivity contribution in [2.75, 3.05) is 0 Å². The number of hydrogen-bond acceptors (Lipinski definition) is 2. The fourth-order valence-corrected chi connectivity index (χ4v) is 2.34. The van der Waals surface area contributed by atoms with Gasteiger partial charge in [-0.1, -0.05) is 54.4 Å². The highest BCUT2D eigenvalue weighted by atomic mass is 14.8. The van der Waals surface area contributed by atoms with Crippen molar-refractivity contribution in [2.24, 2.45) is 17.6 Å². The maximum atomic E-state index is 8.85. The summed E-state index contributed by atoms with van der Waals surface area (Å²) < 4.78 is 0. The molecule has 0 aromatic heterocycles. The fourth-order valence-electron chi connectivity index (χ4n) is 2.34. The second kappa shape index (κ2) is 9.66. The average Bonchev–Trinajstić information content (AvgIpc) is 2.61. The molecular weight excluding hydrogens is 196 g/mol. The van der Waals surface area contributed by atoms with Crippen LogP contribution in [0.15, 0.2) is 0 Å². The van der Waals surface area contributed by atoms with Gasteiger partial charge in [0.25, 0.3) is 0 Å². The molecule has 16 heavy (non-hydrogen) atoms. The third kappa shape index (κ3) is 5.51. The van der Waals surface area contributed by atoms with Gasteiger partial charge in [0.1, 0.15) is 5.54 Å². The molecule has 0 aromatic rings. The van der Waals surface area contributed by atoms with Gasteiger partial charge in [-0.25, -0.2) is 0 Å². The van der Waals surface area contributed by atoms with Crippen LogP contribution in [0.25, 0.3) is 0 Å². The Balaban J connectivity index is 0. The molecule has 2 heteroatoms. The van der Waals surface area contributed by atoms with Crippen molar-refractivity contribution in [3.8, 4) is 6.07 Å². The number of nitrogens with two attached hydrogens (primary N) is 1. The van der Waals surface area contributed by atoms with Gasteiger partial charge >= 0.3 is 0 Å². The van der Waals surface area contributed by atoms with Crippen LogP contribution in [0.1, 0.15) is 67.2 Å². The largest absolute Gasteiger partial charge is 0.313 e. The first kappa shape index (κ1) is 17.8. The lowest BCUT2D eigenvalue weighted by Gasteiger charge is -2.13. The van der Waals surface area contributed by atoms with Crippen molar-refractivity contribution >= 4 is 0 Å². The summed E-state index contributed by atoms with van der Waals surface area (Å²) in [6.45, 7) is 12.4. The van der Waals surface area contributed by atoms with E-state index in [0.717, 1.165) is 12.8 Å². The standard InChI is InChI=1S/C10H18N2.2C2H6/c1-3-4-9-6-10(12,7-11)5-8(9)2;2*1-2/h8-9H,3-6,12H2,1-2H3;2*1-2H3. The minimum atomic E-state index is -0.515. The Hall–Kier alpha value is -0.550. The fraction of sp³-hybridized carbons (Fsp3) is 0.929. The Kier molecular flexibility index (Phi) is 10.8. The molecule has 0 saturated heterocycles. The number of rotatable bonds is 2. The molecule has 2 N–H and O–H groups in total. The predicted molar refractivity (Wildman–Crippen MR) is 72.0 cm³/mol. The lowest BCUT2D eigenvalue weighted by molar-refractivity contribution is 0.387. The summed E-state index contributed by atoms with van der Waals surface area (Å²) in [6, 6.07) is 2.24. The molecule has 0 amide bonds. The molecule has 3 atom stereocenters. The van der Waals surface area contributed by atoms with Crippen molar-refractivity contribution in [2.45, 2.75) is 72.8 Å².